The molecule has 0 amide bonds. The molecule has 0 radical (unpaired) electrons. The van der Waals surface area contributed by atoms with Crippen LogP contribution in [0.1, 0.15) is 0 Å². The van der Waals surface area contributed by atoms with Crippen molar-refractivity contribution < 1.29 is 10.1 Å². The fourth-order valence-corrected chi connectivity index (χ4v) is 0.810. The largest absolute Gasteiger partial charge is 0.230 e. The zero-order valence-electron chi connectivity index (χ0n) is 6.36. The first-order valence-electron chi connectivity index (χ1n) is 3.26. The Kier molecular flexibility index (Phi) is 4.08. The molecule has 1 aromatic rings. The highest BCUT2D eigenvalue weighted by atomic mass is 16.8. The van der Waals surface area contributed by atoms with Gasteiger partial charge in [-0.1, -0.05) is 18.2 Å². The van der Waals surface area contributed by atoms with Gasteiger partial charge in [0.1, 0.15) is 0 Å². The third-order valence-corrected chi connectivity index (χ3v) is 1.30. The van der Waals surface area contributed by atoms with E-state index in [1.807, 2.05) is 0 Å². The van der Waals surface area contributed by atoms with Gasteiger partial charge in [-0.15, -0.1) is 0 Å². The maximum Gasteiger partial charge on any atom is 0.228 e. The first-order chi connectivity index (χ1) is 6.13. The summed E-state index contributed by atoms with van der Waals surface area (Å²) >= 11 is 0. The van der Waals surface area contributed by atoms with Gasteiger partial charge in [0.05, 0.1) is 8.41 Å². The molecule has 8 heteroatoms. The maximum absolute atomic E-state index is 10.2. The molecule has 0 atom stereocenters. The number of para-hydroxylation sites is 1. The Morgan fingerprint density at radius 1 is 1.00 bits per heavy atom. The smallest absolute Gasteiger partial charge is 0.228 e. The molecule has 74 valence electrons. The van der Waals surface area contributed by atoms with Gasteiger partial charge in [0.25, 0.3) is 0 Å². The lowest BCUT2D eigenvalue weighted by atomic mass is 10.3. The minimum Gasteiger partial charge on any atom is -0.230 e. The number of nitro groups is 2. The molecule has 0 aliphatic heterocycles. The van der Waals surface area contributed by atoms with Gasteiger partial charge in [0.15, 0.2) is 10.8 Å². The lowest BCUT2D eigenvalue weighted by molar-refractivity contribution is -0.711. The van der Waals surface area contributed by atoms with Crippen LogP contribution >= 0.6 is 0 Å². The van der Waals surface area contributed by atoms with Gasteiger partial charge in [-0.25, -0.2) is 20.2 Å². The summed E-state index contributed by atoms with van der Waals surface area (Å²) in [6.07, 6.45) is 0. The Labute approximate surface area is 80.8 Å². The van der Waals surface area contributed by atoms with Crippen LogP contribution in [0.5, 0.6) is 0 Å². The summed E-state index contributed by atoms with van der Waals surface area (Å²) in [7, 11) is 0. The van der Waals surface area contributed by atoms with Crippen molar-refractivity contribution >= 4 is 14.1 Å². The highest BCUT2D eigenvalue weighted by Gasteiger charge is 2.29. The molecule has 0 heterocycles. The third-order valence-electron chi connectivity index (χ3n) is 1.30. The topological polar surface area (TPSA) is 89.5 Å². The fourth-order valence-electron chi connectivity index (χ4n) is 0.810. The number of anilines is 1. The summed E-state index contributed by atoms with van der Waals surface area (Å²) in [5.74, 6) is 0. The summed E-state index contributed by atoms with van der Waals surface area (Å²) in [5.41, 5.74) is -0.0856. The second-order valence-corrected chi connectivity index (χ2v) is 2.10. The first kappa shape index (κ1) is 11.9. The number of hydrogen-bond donors (Lipinski definition) is 0. The van der Waals surface area contributed by atoms with Gasteiger partial charge in [0.2, 0.25) is 10.1 Å². The van der Waals surface area contributed by atoms with Crippen molar-refractivity contribution in [3.63, 3.8) is 0 Å². The molecule has 0 saturated carbocycles. The van der Waals surface area contributed by atoms with E-state index in [9.17, 15) is 20.2 Å². The standard InChI is InChI=1S/C6H5N3O4.BH3/c10-8(11)7(9(12)13)6-4-2-1-3-5-6;/h1-5H;1H3. The highest BCUT2D eigenvalue weighted by molar-refractivity contribution is 5.75. The number of nitrogens with zero attached hydrogens (tertiary/aromatic N) is 3. The lowest BCUT2D eigenvalue weighted by Crippen LogP contribution is -2.35. The van der Waals surface area contributed by atoms with Crippen LogP contribution in [-0.2, 0) is 0 Å². The van der Waals surface area contributed by atoms with Crippen LogP contribution in [0.4, 0.5) is 5.69 Å². The van der Waals surface area contributed by atoms with Crippen LogP contribution < -0.4 is 5.12 Å². The molecule has 0 bridgehead atoms. The van der Waals surface area contributed by atoms with Crippen LogP contribution in [0, 0.1) is 20.2 Å². The van der Waals surface area contributed by atoms with Gasteiger partial charge in [-0.2, -0.15) is 0 Å². The minimum atomic E-state index is -1.09. The van der Waals surface area contributed by atoms with E-state index < -0.39 is 10.1 Å². The second-order valence-electron chi connectivity index (χ2n) is 2.10. The predicted molar refractivity (Wildman–Crippen MR) is 52.8 cm³/mol. The quantitative estimate of drug-likeness (QED) is 0.376. The number of rotatable bonds is 3. The molecule has 0 unspecified atom stereocenters. The van der Waals surface area contributed by atoms with Crippen molar-refractivity contribution in [2.75, 3.05) is 5.12 Å². The van der Waals surface area contributed by atoms with Crippen molar-refractivity contribution in [2.45, 2.75) is 0 Å². The first-order valence-corrected chi connectivity index (χ1v) is 3.26. The summed E-state index contributed by atoms with van der Waals surface area (Å²) in [6.45, 7) is 0. The molecule has 0 fully saturated rings. The van der Waals surface area contributed by atoms with E-state index in [1.54, 1.807) is 6.07 Å². The molecule has 14 heavy (non-hydrogen) atoms. The zero-order valence-corrected chi connectivity index (χ0v) is 6.36. The van der Waals surface area contributed by atoms with Crippen LogP contribution in [0.3, 0.4) is 0 Å². The van der Waals surface area contributed by atoms with Gasteiger partial charge >= 0.3 is 0 Å². The van der Waals surface area contributed by atoms with Crippen LogP contribution in [0.2, 0.25) is 0 Å². The van der Waals surface area contributed by atoms with E-state index in [0.717, 1.165) is 0 Å². The predicted octanol–water partition coefficient (Wildman–Crippen LogP) is -0.308. The Morgan fingerprint density at radius 3 is 1.79 bits per heavy atom. The van der Waals surface area contributed by atoms with E-state index >= 15 is 0 Å². The van der Waals surface area contributed by atoms with E-state index in [-0.39, 0.29) is 19.2 Å². The van der Waals surface area contributed by atoms with Crippen molar-refractivity contribution in [2.24, 2.45) is 0 Å². The molecule has 0 spiro atoms. The molecule has 0 N–H and O–H groups in total. The van der Waals surface area contributed by atoms with Gasteiger partial charge in [0, 0.05) is 0 Å². The number of hydrazine groups is 2. The normalized spacial score (nSPS) is 8.57. The van der Waals surface area contributed by atoms with Gasteiger partial charge in [-0.3, -0.25) is 0 Å². The minimum absolute atomic E-state index is 0. The molecule has 7 nitrogen and oxygen atoms in total. The fraction of sp³-hybridized carbons (Fsp3) is 0. The van der Waals surface area contributed by atoms with Crippen molar-refractivity contribution in [3.8, 4) is 0 Å². The zero-order chi connectivity index (χ0) is 9.84. The highest BCUT2D eigenvalue weighted by Crippen LogP contribution is 2.12. The van der Waals surface area contributed by atoms with Crippen molar-refractivity contribution in [3.05, 3.63) is 50.6 Å². The Balaban J connectivity index is 0.00000169. The number of benzene rings is 1. The maximum atomic E-state index is 10.2. The Bertz CT molecular complexity index is 317. The summed E-state index contributed by atoms with van der Waals surface area (Å²) < 4.78 is 0. The molecule has 0 saturated heterocycles. The Hall–Kier alpha value is -2.12. The van der Waals surface area contributed by atoms with E-state index in [0.29, 0.717) is 0 Å². The van der Waals surface area contributed by atoms with Crippen molar-refractivity contribution in [1.82, 2.24) is 0 Å². The number of hydrogen-bond acceptors (Lipinski definition) is 4. The lowest BCUT2D eigenvalue weighted by Gasteiger charge is -2.01. The molecule has 0 aliphatic rings. The summed E-state index contributed by atoms with van der Waals surface area (Å²) in [6, 6.07) is 7.14. The average Bonchev–Trinajstić information content (AvgIpc) is 2.04. The molecule has 1 rings (SSSR count). The van der Waals surface area contributed by atoms with E-state index in [4.69, 9.17) is 0 Å². The van der Waals surface area contributed by atoms with Crippen molar-refractivity contribution in [1.29, 1.82) is 0 Å². The van der Waals surface area contributed by atoms with E-state index in [1.165, 1.54) is 24.3 Å². The van der Waals surface area contributed by atoms with Crippen LogP contribution in [0.15, 0.2) is 30.3 Å². The molecule has 1 aromatic carbocycles. The summed E-state index contributed by atoms with van der Waals surface area (Å²) in [5, 5.41) is 18.1. The molecule has 0 aromatic heterocycles. The molecule has 0 aliphatic carbocycles. The molecular weight excluding hydrogens is 189 g/mol. The van der Waals surface area contributed by atoms with Gasteiger partial charge < -0.3 is 0 Å². The SMILES string of the molecule is B.O=[N+]([O-])N(c1ccccc1)[N+](=O)[O-]. The van der Waals surface area contributed by atoms with Crippen LogP contribution in [0.25, 0.3) is 0 Å². The second kappa shape index (κ2) is 4.80. The molecular formula is C6H8BN3O4. The Morgan fingerprint density at radius 2 is 1.43 bits per heavy atom. The third kappa shape index (κ3) is 2.44. The van der Waals surface area contributed by atoms with E-state index in [2.05, 4.69) is 0 Å². The average molecular weight is 197 g/mol. The van der Waals surface area contributed by atoms with Gasteiger partial charge in [-0.05, 0) is 12.1 Å². The monoisotopic (exact) mass is 197 g/mol. The summed E-state index contributed by atoms with van der Waals surface area (Å²) in [4.78, 5) is 20.5. The van der Waals surface area contributed by atoms with Crippen LogP contribution in [-0.4, -0.2) is 18.5 Å².